The Hall–Kier alpha value is -0.770. The minimum Gasteiger partial charge on any atom is -0.383 e. The Bertz CT molecular complexity index is 334. The summed E-state index contributed by atoms with van der Waals surface area (Å²) in [5, 5.41) is -0.263. The number of rotatable bonds is 7. The number of Topliss-reactive ketones (excluding diaryl/α,β-unsaturated/α-hetero) is 1. The summed E-state index contributed by atoms with van der Waals surface area (Å²) in [6.45, 7) is -1.66. The van der Waals surface area contributed by atoms with Crippen molar-refractivity contribution in [1.29, 1.82) is 0 Å². The number of ketones is 1. The number of carbonyl (C=O) groups excluding carboxylic acids is 2. The van der Waals surface area contributed by atoms with Crippen LogP contribution in [0.25, 0.3) is 0 Å². The van der Waals surface area contributed by atoms with E-state index in [0.717, 1.165) is 0 Å². The molecular weight excluding hydrogens is 345 g/mol. The predicted molar refractivity (Wildman–Crippen MR) is 58.3 cm³/mol. The SMILES string of the molecule is COCCN(CC(=O)CBr)C(=O)C(F)(F)C(F)(F)F. The van der Waals surface area contributed by atoms with Gasteiger partial charge in [0.05, 0.1) is 18.5 Å². The van der Waals surface area contributed by atoms with E-state index in [1.807, 2.05) is 0 Å². The highest BCUT2D eigenvalue weighted by Crippen LogP contribution is 2.36. The third-order valence-electron chi connectivity index (χ3n) is 1.99. The monoisotopic (exact) mass is 355 g/mol. The molecule has 0 N–H and O–H groups in total. The summed E-state index contributed by atoms with van der Waals surface area (Å²) in [6, 6.07) is 0. The van der Waals surface area contributed by atoms with E-state index in [1.165, 1.54) is 7.11 Å². The topological polar surface area (TPSA) is 46.6 Å². The first kappa shape index (κ1) is 18.2. The van der Waals surface area contributed by atoms with Crippen LogP contribution in [0.5, 0.6) is 0 Å². The van der Waals surface area contributed by atoms with Crippen molar-refractivity contribution in [3.05, 3.63) is 0 Å². The highest BCUT2D eigenvalue weighted by atomic mass is 79.9. The van der Waals surface area contributed by atoms with Crippen molar-refractivity contribution >= 4 is 27.6 Å². The third-order valence-corrected chi connectivity index (χ3v) is 2.62. The highest BCUT2D eigenvalue weighted by molar-refractivity contribution is 9.09. The van der Waals surface area contributed by atoms with Crippen molar-refractivity contribution in [1.82, 2.24) is 4.90 Å². The maximum atomic E-state index is 12.9. The number of hydrogen-bond donors (Lipinski definition) is 0. The van der Waals surface area contributed by atoms with E-state index < -0.39 is 36.9 Å². The molecule has 0 aromatic rings. The molecule has 0 bridgehead atoms. The number of ether oxygens (including phenoxy) is 1. The third kappa shape index (κ3) is 5.01. The molecule has 0 radical (unpaired) electrons. The van der Waals surface area contributed by atoms with Crippen molar-refractivity contribution in [2.24, 2.45) is 0 Å². The number of hydrogen-bond acceptors (Lipinski definition) is 3. The van der Waals surface area contributed by atoms with Gasteiger partial charge in [-0.25, -0.2) is 0 Å². The number of carbonyl (C=O) groups is 2. The largest absolute Gasteiger partial charge is 0.463 e. The van der Waals surface area contributed by atoms with Crippen LogP contribution >= 0.6 is 15.9 Å². The highest BCUT2D eigenvalue weighted by Gasteiger charge is 2.64. The Morgan fingerprint density at radius 2 is 1.74 bits per heavy atom. The second-order valence-electron chi connectivity index (χ2n) is 3.46. The van der Waals surface area contributed by atoms with Crippen LogP contribution in [0, 0.1) is 0 Å². The first-order chi connectivity index (χ1) is 8.57. The van der Waals surface area contributed by atoms with Crippen LogP contribution in [-0.2, 0) is 14.3 Å². The molecule has 0 saturated heterocycles. The van der Waals surface area contributed by atoms with Crippen LogP contribution in [0.1, 0.15) is 0 Å². The van der Waals surface area contributed by atoms with Gasteiger partial charge in [-0.15, -0.1) is 0 Å². The van der Waals surface area contributed by atoms with Gasteiger partial charge in [-0.1, -0.05) is 15.9 Å². The van der Waals surface area contributed by atoms with Gasteiger partial charge >= 0.3 is 18.0 Å². The number of halogens is 6. The van der Waals surface area contributed by atoms with Crippen molar-refractivity contribution in [2.45, 2.75) is 12.1 Å². The van der Waals surface area contributed by atoms with Crippen LogP contribution in [0.3, 0.4) is 0 Å². The molecule has 4 nitrogen and oxygen atoms in total. The van der Waals surface area contributed by atoms with Gasteiger partial charge in [-0.05, 0) is 0 Å². The normalized spacial score (nSPS) is 12.4. The van der Waals surface area contributed by atoms with Gasteiger partial charge in [0, 0.05) is 13.7 Å². The first-order valence-corrected chi connectivity index (χ1v) is 6.00. The summed E-state index contributed by atoms with van der Waals surface area (Å²) in [4.78, 5) is 22.4. The van der Waals surface area contributed by atoms with E-state index >= 15 is 0 Å². The molecule has 0 spiro atoms. The minimum absolute atomic E-state index is 0.126. The van der Waals surface area contributed by atoms with Crippen LogP contribution in [0.15, 0.2) is 0 Å². The van der Waals surface area contributed by atoms with Crippen molar-refractivity contribution in [3.63, 3.8) is 0 Å². The smallest absolute Gasteiger partial charge is 0.383 e. The zero-order valence-corrected chi connectivity index (χ0v) is 11.4. The lowest BCUT2D eigenvalue weighted by molar-refractivity contribution is -0.274. The molecule has 0 heterocycles. The summed E-state index contributed by atoms with van der Waals surface area (Å²) >= 11 is 2.72. The van der Waals surface area contributed by atoms with Gasteiger partial charge in [0.1, 0.15) is 0 Å². The fraction of sp³-hybridized carbons (Fsp3) is 0.778. The standard InChI is InChI=1S/C9H11BrF5NO3/c1-19-3-2-16(5-6(17)4-10)7(18)8(11,12)9(13,14)15/h2-5H2,1H3. The van der Waals surface area contributed by atoms with E-state index in [1.54, 1.807) is 0 Å². The molecule has 19 heavy (non-hydrogen) atoms. The van der Waals surface area contributed by atoms with Crippen LogP contribution < -0.4 is 0 Å². The molecule has 0 aliphatic heterocycles. The quantitative estimate of drug-likeness (QED) is 0.515. The molecule has 0 saturated carbocycles. The lowest BCUT2D eigenvalue weighted by Gasteiger charge is -2.27. The van der Waals surface area contributed by atoms with E-state index in [0.29, 0.717) is 0 Å². The second kappa shape index (κ2) is 7.13. The Labute approximate surface area is 114 Å². The Kier molecular flexibility index (Phi) is 6.84. The van der Waals surface area contributed by atoms with Crippen LogP contribution in [0.2, 0.25) is 0 Å². The average Bonchev–Trinajstić information content (AvgIpc) is 2.31. The average molecular weight is 356 g/mol. The van der Waals surface area contributed by atoms with Crippen molar-refractivity contribution < 1.29 is 36.3 Å². The first-order valence-electron chi connectivity index (χ1n) is 4.88. The van der Waals surface area contributed by atoms with Gasteiger partial charge in [0.25, 0.3) is 0 Å². The molecule has 0 atom stereocenters. The maximum absolute atomic E-state index is 12.9. The molecule has 0 aliphatic carbocycles. The molecule has 112 valence electrons. The van der Waals surface area contributed by atoms with Crippen LogP contribution in [-0.4, -0.2) is 60.8 Å². The fourth-order valence-corrected chi connectivity index (χ4v) is 1.21. The summed E-state index contributed by atoms with van der Waals surface area (Å²) in [7, 11) is 1.18. The summed E-state index contributed by atoms with van der Waals surface area (Å²) in [6.07, 6.45) is -6.01. The van der Waals surface area contributed by atoms with Gasteiger partial charge in [0.15, 0.2) is 5.78 Å². The van der Waals surface area contributed by atoms with Gasteiger partial charge < -0.3 is 9.64 Å². The van der Waals surface area contributed by atoms with Crippen molar-refractivity contribution in [2.75, 3.05) is 32.1 Å². The van der Waals surface area contributed by atoms with Crippen LogP contribution in [0.4, 0.5) is 22.0 Å². The molecule has 0 aromatic heterocycles. The summed E-state index contributed by atoms with van der Waals surface area (Å²) in [5.74, 6) is -8.71. The van der Waals surface area contributed by atoms with Crippen molar-refractivity contribution in [3.8, 4) is 0 Å². The molecule has 0 aromatic carbocycles. The molecular formula is C9H11BrF5NO3. The minimum atomic E-state index is -6.01. The molecule has 0 aliphatic rings. The Morgan fingerprint density at radius 3 is 2.11 bits per heavy atom. The van der Waals surface area contributed by atoms with Gasteiger partial charge in [-0.3, -0.25) is 9.59 Å². The van der Waals surface area contributed by atoms with E-state index in [4.69, 9.17) is 0 Å². The van der Waals surface area contributed by atoms with E-state index in [-0.39, 0.29) is 16.8 Å². The summed E-state index contributed by atoms with van der Waals surface area (Å²) in [5.41, 5.74) is 0. The summed E-state index contributed by atoms with van der Waals surface area (Å²) < 4.78 is 66.4. The second-order valence-corrected chi connectivity index (χ2v) is 4.02. The Morgan fingerprint density at radius 1 is 1.21 bits per heavy atom. The van der Waals surface area contributed by atoms with Gasteiger partial charge in [-0.2, -0.15) is 22.0 Å². The lowest BCUT2D eigenvalue weighted by atomic mass is 10.2. The zero-order valence-electron chi connectivity index (χ0n) is 9.77. The number of amides is 1. The fourth-order valence-electron chi connectivity index (χ4n) is 1.03. The lowest BCUT2D eigenvalue weighted by Crippen LogP contribution is -2.54. The van der Waals surface area contributed by atoms with E-state index in [2.05, 4.69) is 20.7 Å². The van der Waals surface area contributed by atoms with E-state index in [9.17, 15) is 31.5 Å². The Balaban J connectivity index is 5.04. The van der Waals surface area contributed by atoms with Gasteiger partial charge in [0.2, 0.25) is 0 Å². The molecule has 0 unspecified atom stereocenters. The predicted octanol–water partition coefficient (Wildman–Crippen LogP) is 1.62. The molecule has 0 rings (SSSR count). The zero-order chi connectivity index (χ0) is 15.3. The molecule has 0 fully saturated rings. The molecule has 10 heteroatoms. The number of nitrogens with zero attached hydrogens (tertiary/aromatic N) is 1. The number of methoxy groups -OCH3 is 1. The molecule has 1 amide bonds. The number of alkyl halides is 6. The maximum Gasteiger partial charge on any atom is 0.463 e.